The Kier molecular flexibility index (Phi) is 3.19. The Morgan fingerprint density at radius 1 is 1.29 bits per heavy atom. The lowest BCUT2D eigenvalue weighted by Crippen LogP contribution is -2.14. The first-order valence-corrected chi connectivity index (χ1v) is 6.97. The molecule has 0 spiro atoms. The summed E-state index contributed by atoms with van der Waals surface area (Å²) in [5.74, 6) is 1.77. The quantitative estimate of drug-likeness (QED) is 0.840. The van der Waals surface area contributed by atoms with Crippen LogP contribution in [0.25, 0.3) is 0 Å². The zero-order chi connectivity index (χ0) is 11.7. The van der Waals surface area contributed by atoms with Gasteiger partial charge in [-0.3, -0.25) is 0 Å². The first-order chi connectivity index (χ1) is 8.33. The van der Waals surface area contributed by atoms with Gasteiger partial charge in [0.15, 0.2) is 0 Å². The number of anilines is 1. The van der Waals surface area contributed by atoms with E-state index in [0.717, 1.165) is 38.0 Å². The van der Waals surface area contributed by atoms with Crippen LogP contribution in [-0.2, 0) is 12.8 Å². The van der Waals surface area contributed by atoms with Crippen molar-refractivity contribution in [2.45, 2.75) is 43.9 Å². The van der Waals surface area contributed by atoms with Gasteiger partial charge < -0.3 is 5.32 Å². The number of nitrogens with one attached hydrogen (secondary N) is 1. The number of hydrogen-bond donors (Lipinski definition) is 1. The molecular weight excluding hydrogens is 234 g/mol. The fraction of sp³-hybridized carbons (Fsp3) is 0.692. The van der Waals surface area contributed by atoms with Crippen molar-refractivity contribution in [1.82, 2.24) is 9.97 Å². The van der Waals surface area contributed by atoms with Crippen molar-refractivity contribution >= 4 is 17.4 Å². The Hall–Kier alpha value is -0.830. The van der Waals surface area contributed by atoms with Crippen LogP contribution in [0, 0.1) is 5.92 Å². The Morgan fingerprint density at radius 3 is 3.06 bits per heavy atom. The molecule has 1 N–H and O–H groups in total. The third-order valence-electron chi connectivity index (χ3n) is 3.91. The topological polar surface area (TPSA) is 37.8 Å². The number of aryl methyl sites for hydroxylation is 1. The predicted octanol–water partition coefficient (Wildman–Crippen LogP) is 2.78. The van der Waals surface area contributed by atoms with Gasteiger partial charge in [0.25, 0.3) is 0 Å². The molecule has 0 radical (unpaired) electrons. The lowest BCUT2D eigenvalue weighted by atomic mass is 10.1. The van der Waals surface area contributed by atoms with Crippen LogP contribution in [-0.4, -0.2) is 21.9 Å². The summed E-state index contributed by atoms with van der Waals surface area (Å²) in [6, 6.07) is 0. The van der Waals surface area contributed by atoms with Gasteiger partial charge in [-0.15, -0.1) is 11.6 Å². The highest BCUT2D eigenvalue weighted by Crippen LogP contribution is 2.30. The molecule has 0 bridgehead atoms. The minimum absolute atomic E-state index is 0.387. The van der Waals surface area contributed by atoms with Gasteiger partial charge in [0.2, 0.25) is 0 Å². The normalized spacial score (nSPS) is 27.1. The molecule has 2 atom stereocenters. The summed E-state index contributed by atoms with van der Waals surface area (Å²) in [5, 5.41) is 3.88. The van der Waals surface area contributed by atoms with Crippen molar-refractivity contribution in [3.8, 4) is 0 Å². The first-order valence-electron chi connectivity index (χ1n) is 6.53. The first kappa shape index (κ1) is 11.3. The summed E-state index contributed by atoms with van der Waals surface area (Å²) >= 11 is 6.13. The van der Waals surface area contributed by atoms with Gasteiger partial charge in [0.1, 0.15) is 12.1 Å². The molecule has 1 aromatic rings. The minimum Gasteiger partial charge on any atom is -0.369 e. The highest BCUT2D eigenvalue weighted by Gasteiger charge is 2.23. The molecule has 1 saturated carbocycles. The molecule has 1 aromatic heterocycles. The maximum atomic E-state index is 6.13. The average molecular weight is 252 g/mol. The van der Waals surface area contributed by atoms with E-state index >= 15 is 0 Å². The summed E-state index contributed by atoms with van der Waals surface area (Å²) in [4.78, 5) is 8.71. The molecule has 0 amide bonds. The minimum atomic E-state index is 0.387. The summed E-state index contributed by atoms with van der Waals surface area (Å²) in [6.45, 7) is 1.01. The number of hydrogen-bond acceptors (Lipinski definition) is 3. The summed E-state index contributed by atoms with van der Waals surface area (Å²) in [6.07, 6.45) is 8.69. The van der Waals surface area contributed by atoms with E-state index in [0.29, 0.717) is 11.3 Å². The molecule has 3 nitrogen and oxygen atoms in total. The highest BCUT2D eigenvalue weighted by atomic mass is 35.5. The fourth-order valence-electron chi connectivity index (χ4n) is 2.95. The van der Waals surface area contributed by atoms with Crippen molar-refractivity contribution in [2.75, 3.05) is 11.9 Å². The Morgan fingerprint density at radius 2 is 2.24 bits per heavy atom. The van der Waals surface area contributed by atoms with Crippen LogP contribution in [0.5, 0.6) is 0 Å². The average Bonchev–Trinajstić information content (AvgIpc) is 2.94. The molecule has 92 valence electrons. The lowest BCUT2D eigenvalue weighted by Gasteiger charge is -2.13. The van der Waals surface area contributed by atoms with Crippen LogP contribution >= 0.6 is 11.6 Å². The molecule has 0 saturated heterocycles. The smallest absolute Gasteiger partial charge is 0.132 e. The van der Waals surface area contributed by atoms with Crippen LogP contribution in [0.15, 0.2) is 6.33 Å². The molecule has 3 rings (SSSR count). The van der Waals surface area contributed by atoms with Crippen molar-refractivity contribution in [3.05, 3.63) is 17.6 Å². The third-order valence-corrected chi connectivity index (χ3v) is 4.31. The number of halogens is 1. The standard InChI is InChI=1S/C13H18ClN3/c14-10-5-4-9(6-10)7-15-13-11-2-1-3-12(11)16-8-17-13/h8-10H,1-7H2,(H,15,16,17). The molecule has 2 aliphatic carbocycles. The number of aromatic nitrogens is 2. The van der Waals surface area contributed by atoms with E-state index in [-0.39, 0.29) is 0 Å². The zero-order valence-corrected chi connectivity index (χ0v) is 10.7. The van der Waals surface area contributed by atoms with Crippen molar-refractivity contribution < 1.29 is 0 Å². The molecule has 2 aliphatic rings. The summed E-state index contributed by atoms with van der Waals surface area (Å²) in [5.41, 5.74) is 2.58. The molecule has 0 aromatic carbocycles. The monoisotopic (exact) mass is 251 g/mol. The molecule has 1 fully saturated rings. The summed E-state index contributed by atoms with van der Waals surface area (Å²) < 4.78 is 0. The van der Waals surface area contributed by atoms with E-state index < -0.39 is 0 Å². The largest absolute Gasteiger partial charge is 0.369 e. The SMILES string of the molecule is ClC1CCC(CNc2ncnc3c2CCC3)C1. The maximum Gasteiger partial charge on any atom is 0.132 e. The van der Waals surface area contributed by atoms with Crippen molar-refractivity contribution in [3.63, 3.8) is 0 Å². The highest BCUT2D eigenvalue weighted by molar-refractivity contribution is 6.20. The van der Waals surface area contributed by atoms with Gasteiger partial charge >= 0.3 is 0 Å². The third kappa shape index (κ3) is 2.39. The molecule has 0 aliphatic heterocycles. The van der Waals surface area contributed by atoms with Crippen LogP contribution in [0.2, 0.25) is 0 Å². The van der Waals surface area contributed by atoms with Crippen LogP contribution in [0.1, 0.15) is 36.9 Å². The zero-order valence-electron chi connectivity index (χ0n) is 9.95. The summed E-state index contributed by atoms with van der Waals surface area (Å²) in [7, 11) is 0. The van der Waals surface area contributed by atoms with Gasteiger partial charge in [0, 0.05) is 23.2 Å². The van der Waals surface area contributed by atoms with E-state index in [2.05, 4.69) is 15.3 Å². The number of rotatable bonds is 3. The maximum absolute atomic E-state index is 6.13. The number of alkyl halides is 1. The van der Waals surface area contributed by atoms with E-state index in [1.54, 1.807) is 6.33 Å². The molecular formula is C13H18ClN3. The Labute approximate surface area is 107 Å². The van der Waals surface area contributed by atoms with Gasteiger partial charge in [0.05, 0.1) is 0 Å². The van der Waals surface area contributed by atoms with Gasteiger partial charge in [-0.2, -0.15) is 0 Å². The van der Waals surface area contributed by atoms with E-state index in [4.69, 9.17) is 11.6 Å². The second kappa shape index (κ2) is 4.81. The lowest BCUT2D eigenvalue weighted by molar-refractivity contribution is 0.579. The van der Waals surface area contributed by atoms with Gasteiger partial charge in [-0.1, -0.05) is 0 Å². The molecule has 4 heteroatoms. The van der Waals surface area contributed by atoms with Crippen LogP contribution < -0.4 is 5.32 Å². The van der Waals surface area contributed by atoms with E-state index in [1.807, 2.05) is 0 Å². The van der Waals surface area contributed by atoms with Crippen LogP contribution in [0.3, 0.4) is 0 Å². The van der Waals surface area contributed by atoms with E-state index in [1.165, 1.54) is 24.1 Å². The molecule has 2 unspecified atom stereocenters. The number of fused-ring (bicyclic) bond motifs is 1. The number of nitrogens with zero attached hydrogens (tertiary/aromatic N) is 2. The fourth-order valence-corrected chi connectivity index (χ4v) is 3.33. The van der Waals surface area contributed by atoms with Crippen molar-refractivity contribution in [1.29, 1.82) is 0 Å². The second-order valence-electron chi connectivity index (χ2n) is 5.16. The Bertz CT molecular complexity index is 408. The van der Waals surface area contributed by atoms with E-state index in [9.17, 15) is 0 Å². The second-order valence-corrected chi connectivity index (χ2v) is 5.78. The van der Waals surface area contributed by atoms with Gasteiger partial charge in [-0.05, 0) is 44.4 Å². The van der Waals surface area contributed by atoms with Gasteiger partial charge in [-0.25, -0.2) is 9.97 Å². The molecule has 17 heavy (non-hydrogen) atoms. The van der Waals surface area contributed by atoms with Crippen molar-refractivity contribution in [2.24, 2.45) is 5.92 Å². The molecule has 1 heterocycles. The van der Waals surface area contributed by atoms with Crippen LogP contribution in [0.4, 0.5) is 5.82 Å². The predicted molar refractivity (Wildman–Crippen MR) is 69.5 cm³/mol. The Balaban J connectivity index is 1.64.